The van der Waals surface area contributed by atoms with Crippen LogP contribution in [0.2, 0.25) is 0 Å². The van der Waals surface area contributed by atoms with Gasteiger partial charge in [0.1, 0.15) is 11.9 Å². The number of hydrogen-bond donors (Lipinski definition) is 1. The van der Waals surface area contributed by atoms with E-state index in [1.165, 1.54) is 36.8 Å². The molecule has 0 fully saturated rings. The molecule has 0 heterocycles. The molecule has 0 spiro atoms. The molecule has 0 unspecified atom stereocenters. The van der Waals surface area contributed by atoms with Crippen LogP contribution >= 0.6 is 0 Å². The van der Waals surface area contributed by atoms with E-state index in [4.69, 9.17) is 4.74 Å². The van der Waals surface area contributed by atoms with Gasteiger partial charge in [-0.15, -0.1) is 0 Å². The Labute approximate surface area is 199 Å². The SMILES string of the molecule is CC(C)=CCC[C@](C)(/C=C/[C@@H](OC(=O)C=C(C)C)[C@](C)(O)/C=C/C(=O)/C=C/N(C)C)CC=O. The van der Waals surface area contributed by atoms with Crippen molar-refractivity contribution in [2.24, 2.45) is 5.41 Å². The van der Waals surface area contributed by atoms with Gasteiger partial charge in [0.05, 0.1) is 0 Å². The lowest BCUT2D eigenvalue weighted by Crippen LogP contribution is -2.39. The third kappa shape index (κ3) is 14.1. The van der Waals surface area contributed by atoms with Gasteiger partial charge in [-0.1, -0.05) is 30.2 Å². The zero-order chi connectivity index (χ0) is 25.7. The van der Waals surface area contributed by atoms with Crippen molar-refractivity contribution < 1.29 is 24.2 Å². The Morgan fingerprint density at radius 1 is 1.03 bits per heavy atom. The van der Waals surface area contributed by atoms with E-state index >= 15 is 0 Å². The number of hydrogen-bond acceptors (Lipinski definition) is 6. The molecule has 0 saturated carbocycles. The lowest BCUT2D eigenvalue weighted by atomic mass is 9.81. The van der Waals surface area contributed by atoms with Crippen LogP contribution in [0.25, 0.3) is 0 Å². The van der Waals surface area contributed by atoms with E-state index in [-0.39, 0.29) is 5.78 Å². The summed E-state index contributed by atoms with van der Waals surface area (Å²) in [6, 6.07) is 0. The van der Waals surface area contributed by atoms with Gasteiger partial charge in [0.25, 0.3) is 0 Å². The van der Waals surface area contributed by atoms with Crippen LogP contribution in [0.1, 0.15) is 60.8 Å². The summed E-state index contributed by atoms with van der Waals surface area (Å²) in [5.74, 6) is -0.909. The van der Waals surface area contributed by atoms with Gasteiger partial charge in [-0.2, -0.15) is 0 Å². The van der Waals surface area contributed by atoms with E-state index < -0.39 is 23.1 Å². The fourth-order valence-electron chi connectivity index (χ4n) is 2.83. The van der Waals surface area contributed by atoms with Crippen molar-refractivity contribution in [2.75, 3.05) is 14.1 Å². The maximum Gasteiger partial charge on any atom is 0.331 e. The predicted octanol–water partition coefficient (Wildman–Crippen LogP) is 4.71. The van der Waals surface area contributed by atoms with Gasteiger partial charge in [-0.05, 0) is 71.1 Å². The van der Waals surface area contributed by atoms with Crippen molar-refractivity contribution >= 4 is 18.0 Å². The number of nitrogens with zero attached hydrogens (tertiary/aromatic N) is 1. The first-order chi connectivity index (χ1) is 15.2. The van der Waals surface area contributed by atoms with E-state index in [2.05, 4.69) is 6.08 Å². The Hall–Kier alpha value is -2.73. The maximum atomic E-state index is 12.3. The molecule has 6 heteroatoms. The van der Waals surface area contributed by atoms with Crippen LogP contribution in [0.3, 0.4) is 0 Å². The van der Waals surface area contributed by atoms with E-state index in [1.54, 1.807) is 45.1 Å². The third-order valence-corrected chi connectivity index (χ3v) is 4.84. The predicted molar refractivity (Wildman–Crippen MR) is 134 cm³/mol. The van der Waals surface area contributed by atoms with Gasteiger partial charge in [0.15, 0.2) is 11.9 Å². The van der Waals surface area contributed by atoms with Crippen molar-refractivity contribution in [3.63, 3.8) is 0 Å². The van der Waals surface area contributed by atoms with Crippen LogP contribution in [-0.2, 0) is 19.1 Å². The molecular formula is C27H41NO5. The average Bonchev–Trinajstić information content (AvgIpc) is 2.67. The van der Waals surface area contributed by atoms with Gasteiger partial charge in [-0.25, -0.2) is 4.79 Å². The molecule has 184 valence electrons. The molecule has 0 rings (SSSR count). The highest BCUT2D eigenvalue weighted by molar-refractivity contribution is 5.99. The number of carbonyl (C=O) groups is 3. The van der Waals surface area contributed by atoms with Crippen LogP contribution in [0.4, 0.5) is 0 Å². The number of carbonyl (C=O) groups excluding carboxylic acids is 3. The van der Waals surface area contributed by atoms with Gasteiger partial charge in [0.2, 0.25) is 0 Å². The van der Waals surface area contributed by atoms with E-state index in [0.717, 1.165) is 18.3 Å². The Morgan fingerprint density at radius 2 is 1.67 bits per heavy atom. The molecular weight excluding hydrogens is 418 g/mol. The molecule has 0 amide bonds. The molecule has 6 nitrogen and oxygen atoms in total. The van der Waals surface area contributed by atoms with Crippen LogP contribution < -0.4 is 0 Å². The summed E-state index contributed by atoms with van der Waals surface area (Å²) in [4.78, 5) is 37.4. The molecule has 1 N–H and O–H groups in total. The van der Waals surface area contributed by atoms with Crippen LogP contribution in [0.5, 0.6) is 0 Å². The summed E-state index contributed by atoms with van der Waals surface area (Å²) in [5.41, 5.74) is -0.166. The minimum atomic E-state index is -1.65. The smallest absolute Gasteiger partial charge is 0.331 e. The minimum Gasteiger partial charge on any atom is -0.452 e. The largest absolute Gasteiger partial charge is 0.452 e. The fourth-order valence-corrected chi connectivity index (χ4v) is 2.83. The number of allylic oxidation sites excluding steroid dienone is 6. The second-order valence-corrected chi connectivity index (χ2v) is 9.52. The number of aliphatic hydroxyl groups is 1. The minimum absolute atomic E-state index is 0.292. The zero-order valence-corrected chi connectivity index (χ0v) is 21.4. The Bertz CT molecular complexity index is 806. The van der Waals surface area contributed by atoms with Gasteiger partial charge >= 0.3 is 5.97 Å². The standard InChI is InChI=1S/C27H41NO5/c1-21(2)10-9-14-26(5,17-19-29)15-12-24(33-25(31)20-22(3)4)27(6,32)16-11-23(30)13-18-28(7)8/h10-13,15-16,18-20,24,32H,9,14,17H2,1-8H3/b15-12+,16-11+,18-13+/t24-,26-,27-/m1/s1. The second-order valence-electron chi connectivity index (χ2n) is 9.52. The average molecular weight is 460 g/mol. The van der Waals surface area contributed by atoms with Crippen LogP contribution in [-0.4, -0.2) is 53.8 Å². The van der Waals surface area contributed by atoms with E-state index in [0.29, 0.717) is 12.8 Å². The molecule has 0 aliphatic rings. The van der Waals surface area contributed by atoms with Gasteiger partial charge < -0.3 is 19.5 Å². The number of rotatable bonds is 14. The van der Waals surface area contributed by atoms with E-state index in [1.807, 2.05) is 26.8 Å². The van der Waals surface area contributed by atoms with Crippen LogP contribution in [0.15, 0.2) is 59.9 Å². The van der Waals surface area contributed by atoms with Crippen molar-refractivity contribution in [2.45, 2.75) is 72.5 Å². The highest BCUT2D eigenvalue weighted by atomic mass is 16.6. The summed E-state index contributed by atoms with van der Waals surface area (Å²) in [7, 11) is 3.59. The van der Waals surface area contributed by atoms with Crippen molar-refractivity contribution in [3.05, 3.63) is 59.9 Å². The molecule has 0 aromatic carbocycles. The molecule has 33 heavy (non-hydrogen) atoms. The molecule has 0 aromatic rings. The Morgan fingerprint density at radius 3 is 2.18 bits per heavy atom. The first-order valence-corrected chi connectivity index (χ1v) is 11.1. The Balaban J connectivity index is 5.93. The second kappa shape index (κ2) is 14.4. The summed E-state index contributed by atoms with van der Waals surface area (Å²) < 4.78 is 5.53. The van der Waals surface area contributed by atoms with Crippen molar-refractivity contribution in [1.29, 1.82) is 0 Å². The lowest BCUT2D eigenvalue weighted by Gasteiger charge is -2.29. The molecule has 0 aromatic heterocycles. The highest BCUT2D eigenvalue weighted by Gasteiger charge is 2.32. The van der Waals surface area contributed by atoms with Crippen molar-refractivity contribution in [3.8, 4) is 0 Å². The fraction of sp³-hybridized carbons (Fsp3) is 0.519. The van der Waals surface area contributed by atoms with Crippen molar-refractivity contribution in [1.82, 2.24) is 4.90 Å². The van der Waals surface area contributed by atoms with Gasteiger partial charge in [0, 0.05) is 38.9 Å². The number of ether oxygens (including phenoxy) is 1. The molecule has 0 aliphatic carbocycles. The number of ketones is 1. The molecule has 0 saturated heterocycles. The number of esters is 1. The maximum absolute atomic E-state index is 12.3. The summed E-state index contributed by atoms with van der Waals surface area (Å²) in [5, 5.41) is 11.1. The highest BCUT2D eigenvalue weighted by Crippen LogP contribution is 2.30. The quantitative estimate of drug-likeness (QED) is 0.175. The Kier molecular flexibility index (Phi) is 13.2. The summed E-state index contributed by atoms with van der Waals surface area (Å²) >= 11 is 0. The zero-order valence-electron chi connectivity index (χ0n) is 21.4. The van der Waals surface area contributed by atoms with E-state index in [9.17, 15) is 19.5 Å². The summed E-state index contributed by atoms with van der Waals surface area (Å²) in [6.07, 6.45) is 14.0. The molecule has 0 aliphatic heterocycles. The van der Waals surface area contributed by atoms with Crippen LogP contribution in [0, 0.1) is 5.41 Å². The molecule has 3 atom stereocenters. The molecule has 0 radical (unpaired) electrons. The summed E-state index contributed by atoms with van der Waals surface area (Å²) in [6.45, 7) is 11.0. The number of aldehydes is 1. The normalized spacial score (nSPS) is 16.2. The topological polar surface area (TPSA) is 83.9 Å². The third-order valence-electron chi connectivity index (χ3n) is 4.84. The molecule has 0 bridgehead atoms. The first kappa shape index (κ1) is 30.3. The van der Waals surface area contributed by atoms with Gasteiger partial charge in [-0.3, -0.25) is 4.79 Å². The monoisotopic (exact) mass is 459 g/mol. The first-order valence-electron chi connectivity index (χ1n) is 11.1. The lowest BCUT2D eigenvalue weighted by molar-refractivity contribution is -0.148.